The molecule has 1 saturated heterocycles. The normalized spacial score (nSPS) is 14.7. The minimum atomic E-state index is -0.955. The number of benzene rings is 2. The van der Waals surface area contributed by atoms with E-state index >= 15 is 0 Å². The first-order valence-electron chi connectivity index (χ1n) is 9.78. The molecule has 1 heterocycles. The van der Waals surface area contributed by atoms with Crippen molar-refractivity contribution in [1.29, 1.82) is 0 Å². The Balaban J connectivity index is 1.92. The summed E-state index contributed by atoms with van der Waals surface area (Å²) in [7, 11) is 1.26. The van der Waals surface area contributed by atoms with Gasteiger partial charge in [0.2, 0.25) is 0 Å². The lowest BCUT2D eigenvalue weighted by Gasteiger charge is -2.38. The maximum atomic E-state index is 14.0. The van der Waals surface area contributed by atoms with Gasteiger partial charge in [0.25, 0.3) is 5.91 Å². The number of hydrogen-bond donors (Lipinski definition) is 1. The van der Waals surface area contributed by atoms with Crippen molar-refractivity contribution >= 4 is 23.3 Å². The Morgan fingerprint density at radius 2 is 1.67 bits per heavy atom. The summed E-state index contributed by atoms with van der Waals surface area (Å²) in [4.78, 5) is 29.0. The minimum absolute atomic E-state index is 0.228. The molecule has 0 atom stereocenters. The average molecular weight is 417 g/mol. The third-order valence-electron chi connectivity index (χ3n) is 5.24. The summed E-state index contributed by atoms with van der Waals surface area (Å²) in [6, 6.07) is 8.45. The Morgan fingerprint density at radius 3 is 2.23 bits per heavy atom. The molecule has 0 unspecified atom stereocenters. The highest BCUT2D eigenvalue weighted by Gasteiger charge is 2.24. The van der Waals surface area contributed by atoms with Crippen molar-refractivity contribution in [3.05, 3.63) is 59.2 Å². The number of rotatable bonds is 5. The molecule has 0 radical (unpaired) electrons. The van der Waals surface area contributed by atoms with E-state index in [2.05, 4.69) is 29.0 Å². The van der Waals surface area contributed by atoms with Crippen LogP contribution >= 0.6 is 0 Å². The van der Waals surface area contributed by atoms with Crippen LogP contribution in [0.2, 0.25) is 0 Å². The SMILES string of the molecule is COC(=O)c1ccc(N2CCN(C(C)C)CC2)c(NC(=O)c2c(F)cccc2F)c1. The number of methoxy groups -OCH3 is 1. The molecule has 160 valence electrons. The maximum absolute atomic E-state index is 14.0. The van der Waals surface area contributed by atoms with Gasteiger partial charge in [0, 0.05) is 32.2 Å². The van der Waals surface area contributed by atoms with Gasteiger partial charge >= 0.3 is 5.97 Å². The van der Waals surface area contributed by atoms with Gasteiger partial charge in [-0.15, -0.1) is 0 Å². The van der Waals surface area contributed by atoms with Crippen molar-refractivity contribution in [2.75, 3.05) is 43.5 Å². The van der Waals surface area contributed by atoms with Crippen LogP contribution in [0, 0.1) is 11.6 Å². The fourth-order valence-corrected chi connectivity index (χ4v) is 3.54. The zero-order chi connectivity index (χ0) is 21.8. The Kier molecular flexibility index (Phi) is 6.66. The number of carbonyl (C=O) groups is 2. The van der Waals surface area contributed by atoms with E-state index in [9.17, 15) is 18.4 Å². The summed E-state index contributed by atoms with van der Waals surface area (Å²) in [5.41, 5.74) is 0.530. The number of halogens is 2. The molecule has 30 heavy (non-hydrogen) atoms. The van der Waals surface area contributed by atoms with Gasteiger partial charge in [-0.3, -0.25) is 9.69 Å². The van der Waals surface area contributed by atoms with Gasteiger partial charge in [-0.05, 0) is 44.2 Å². The molecule has 1 N–H and O–H groups in total. The molecule has 0 spiro atoms. The molecule has 2 aromatic carbocycles. The van der Waals surface area contributed by atoms with Crippen molar-refractivity contribution in [3.63, 3.8) is 0 Å². The topological polar surface area (TPSA) is 61.9 Å². The predicted octanol–water partition coefficient (Wildman–Crippen LogP) is 3.53. The molecule has 1 aliphatic heterocycles. The third-order valence-corrected chi connectivity index (χ3v) is 5.24. The zero-order valence-corrected chi connectivity index (χ0v) is 17.2. The van der Waals surface area contributed by atoms with Crippen LogP contribution in [0.15, 0.2) is 36.4 Å². The minimum Gasteiger partial charge on any atom is -0.465 e. The number of hydrogen-bond acceptors (Lipinski definition) is 5. The highest BCUT2D eigenvalue weighted by atomic mass is 19.1. The van der Waals surface area contributed by atoms with Crippen LogP contribution < -0.4 is 10.2 Å². The lowest BCUT2D eigenvalue weighted by Crippen LogP contribution is -2.49. The van der Waals surface area contributed by atoms with Gasteiger partial charge < -0.3 is 15.0 Å². The summed E-state index contributed by atoms with van der Waals surface area (Å²) >= 11 is 0. The summed E-state index contributed by atoms with van der Waals surface area (Å²) in [6.07, 6.45) is 0. The van der Waals surface area contributed by atoms with E-state index in [1.165, 1.54) is 19.2 Å². The van der Waals surface area contributed by atoms with Gasteiger partial charge in [-0.2, -0.15) is 0 Å². The number of anilines is 2. The van der Waals surface area contributed by atoms with Crippen LogP contribution in [0.4, 0.5) is 20.2 Å². The number of carbonyl (C=O) groups excluding carboxylic acids is 2. The largest absolute Gasteiger partial charge is 0.465 e. The molecule has 2 aromatic rings. The fraction of sp³-hybridized carbons (Fsp3) is 0.364. The molecule has 6 nitrogen and oxygen atoms in total. The van der Waals surface area contributed by atoms with Crippen LogP contribution in [0.3, 0.4) is 0 Å². The first-order valence-corrected chi connectivity index (χ1v) is 9.78. The predicted molar refractivity (Wildman–Crippen MR) is 111 cm³/mol. The van der Waals surface area contributed by atoms with E-state index in [1.807, 2.05) is 0 Å². The molecule has 0 saturated carbocycles. The Labute approximate surface area is 174 Å². The zero-order valence-electron chi connectivity index (χ0n) is 17.2. The molecule has 1 amide bonds. The average Bonchev–Trinajstić information content (AvgIpc) is 2.73. The lowest BCUT2D eigenvalue weighted by atomic mass is 10.1. The molecule has 8 heteroatoms. The number of piperazine rings is 1. The van der Waals surface area contributed by atoms with E-state index in [0.29, 0.717) is 30.5 Å². The van der Waals surface area contributed by atoms with Crippen LogP contribution in [0.1, 0.15) is 34.6 Å². The van der Waals surface area contributed by atoms with Crippen LogP contribution in [-0.4, -0.2) is 56.1 Å². The van der Waals surface area contributed by atoms with Crippen molar-refractivity contribution in [2.45, 2.75) is 19.9 Å². The first kappa shape index (κ1) is 21.7. The summed E-state index contributed by atoms with van der Waals surface area (Å²) in [6.45, 7) is 7.38. The second kappa shape index (κ2) is 9.21. The van der Waals surface area contributed by atoms with Crippen molar-refractivity contribution in [3.8, 4) is 0 Å². The van der Waals surface area contributed by atoms with E-state index in [4.69, 9.17) is 4.74 Å². The van der Waals surface area contributed by atoms with Gasteiger partial charge in [-0.25, -0.2) is 13.6 Å². The highest BCUT2D eigenvalue weighted by molar-refractivity contribution is 6.07. The molecular weight excluding hydrogens is 392 g/mol. The van der Waals surface area contributed by atoms with E-state index in [1.54, 1.807) is 12.1 Å². The van der Waals surface area contributed by atoms with Gasteiger partial charge in [-0.1, -0.05) is 6.07 Å². The number of esters is 1. The summed E-state index contributed by atoms with van der Waals surface area (Å²) in [5, 5.41) is 2.58. The number of nitrogens with one attached hydrogen (secondary N) is 1. The fourth-order valence-electron chi connectivity index (χ4n) is 3.54. The molecule has 0 bridgehead atoms. The summed E-state index contributed by atoms with van der Waals surface area (Å²) < 4.78 is 32.9. The molecule has 1 aliphatic rings. The summed E-state index contributed by atoms with van der Waals surface area (Å²) in [5.74, 6) is -3.40. The van der Waals surface area contributed by atoms with Crippen LogP contribution in [0.25, 0.3) is 0 Å². The van der Waals surface area contributed by atoms with Gasteiger partial charge in [0.1, 0.15) is 17.2 Å². The van der Waals surface area contributed by atoms with Gasteiger partial charge in [0.15, 0.2) is 0 Å². The molecule has 3 rings (SSSR count). The monoisotopic (exact) mass is 417 g/mol. The van der Waals surface area contributed by atoms with Crippen molar-refractivity contribution in [2.24, 2.45) is 0 Å². The number of nitrogens with zero attached hydrogens (tertiary/aromatic N) is 2. The Hall–Kier alpha value is -3.00. The van der Waals surface area contributed by atoms with Crippen LogP contribution in [-0.2, 0) is 4.74 Å². The first-order chi connectivity index (χ1) is 14.3. The quantitative estimate of drug-likeness (QED) is 0.755. The third kappa shape index (κ3) is 4.59. The number of ether oxygens (including phenoxy) is 1. The van der Waals surface area contributed by atoms with E-state index in [-0.39, 0.29) is 5.56 Å². The second-order valence-corrected chi connectivity index (χ2v) is 7.39. The molecule has 0 aliphatic carbocycles. The molecular formula is C22H25F2N3O3. The standard InChI is InChI=1S/C22H25F2N3O3/c1-14(2)26-9-11-27(12-10-26)19-8-7-15(22(29)30-3)13-18(19)25-21(28)20-16(23)5-4-6-17(20)24/h4-8,13-14H,9-12H2,1-3H3,(H,25,28). The van der Waals surface area contributed by atoms with Crippen LogP contribution in [0.5, 0.6) is 0 Å². The number of amides is 1. The van der Waals surface area contributed by atoms with E-state index in [0.717, 1.165) is 25.2 Å². The van der Waals surface area contributed by atoms with Crippen molar-refractivity contribution in [1.82, 2.24) is 4.90 Å². The maximum Gasteiger partial charge on any atom is 0.337 e. The van der Waals surface area contributed by atoms with Crippen molar-refractivity contribution < 1.29 is 23.1 Å². The lowest BCUT2D eigenvalue weighted by molar-refractivity contribution is 0.0600. The Bertz CT molecular complexity index is 921. The van der Waals surface area contributed by atoms with Gasteiger partial charge in [0.05, 0.1) is 24.0 Å². The van der Waals surface area contributed by atoms with E-state index < -0.39 is 29.1 Å². The molecule has 1 fully saturated rings. The smallest absolute Gasteiger partial charge is 0.337 e. The highest BCUT2D eigenvalue weighted by Crippen LogP contribution is 2.30. The second-order valence-electron chi connectivity index (χ2n) is 7.39. The Morgan fingerprint density at radius 1 is 1.03 bits per heavy atom. The molecule has 0 aromatic heterocycles.